The lowest BCUT2D eigenvalue weighted by atomic mass is 10.2. The van der Waals surface area contributed by atoms with Crippen molar-refractivity contribution in [2.75, 3.05) is 31.6 Å². The molecule has 0 bridgehead atoms. The highest BCUT2D eigenvalue weighted by Crippen LogP contribution is 2.10. The number of hydrogen-bond donors (Lipinski definition) is 2. The average Bonchev–Trinajstić information content (AvgIpc) is 2.37. The van der Waals surface area contributed by atoms with Gasteiger partial charge in [0.25, 0.3) is 0 Å². The van der Waals surface area contributed by atoms with E-state index in [0.717, 1.165) is 18.1 Å². The standard InChI is InChI=1S/C12H23N3O2S/c1-4-15(3)12(17)9(2)14-11(16)7-10-8-18-6-5-13-10/h9-10,13H,4-8H2,1-3H3,(H,14,16). The van der Waals surface area contributed by atoms with E-state index in [9.17, 15) is 9.59 Å². The van der Waals surface area contributed by atoms with Crippen LogP contribution in [0.2, 0.25) is 0 Å². The van der Waals surface area contributed by atoms with Crippen LogP contribution in [0.1, 0.15) is 20.3 Å². The Balaban J connectivity index is 2.32. The van der Waals surface area contributed by atoms with E-state index in [1.165, 1.54) is 0 Å². The first-order chi connectivity index (χ1) is 8.54. The summed E-state index contributed by atoms with van der Waals surface area (Å²) in [6.07, 6.45) is 0.445. The maximum atomic E-state index is 11.8. The number of nitrogens with zero attached hydrogens (tertiary/aromatic N) is 1. The quantitative estimate of drug-likeness (QED) is 0.744. The van der Waals surface area contributed by atoms with Crippen LogP contribution in [0, 0.1) is 0 Å². The van der Waals surface area contributed by atoms with E-state index < -0.39 is 6.04 Å². The summed E-state index contributed by atoms with van der Waals surface area (Å²) in [6, 6.07) is -0.214. The smallest absolute Gasteiger partial charge is 0.244 e. The van der Waals surface area contributed by atoms with Crippen molar-refractivity contribution in [3.63, 3.8) is 0 Å². The molecule has 0 spiro atoms. The lowest BCUT2D eigenvalue weighted by molar-refractivity contribution is -0.134. The molecule has 2 atom stereocenters. The maximum Gasteiger partial charge on any atom is 0.244 e. The number of carbonyl (C=O) groups is 2. The zero-order valence-electron chi connectivity index (χ0n) is 11.4. The van der Waals surface area contributed by atoms with Gasteiger partial charge in [0, 0.05) is 44.1 Å². The van der Waals surface area contributed by atoms with Gasteiger partial charge in [0.05, 0.1) is 0 Å². The molecule has 0 aromatic rings. The van der Waals surface area contributed by atoms with Gasteiger partial charge >= 0.3 is 0 Å². The fourth-order valence-electron chi connectivity index (χ4n) is 1.82. The van der Waals surface area contributed by atoms with Crippen molar-refractivity contribution in [3.05, 3.63) is 0 Å². The van der Waals surface area contributed by atoms with Crippen LogP contribution in [0.4, 0.5) is 0 Å². The summed E-state index contributed by atoms with van der Waals surface area (Å²) < 4.78 is 0. The van der Waals surface area contributed by atoms with Gasteiger partial charge in [-0.1, -0.05) is 0 Å². The lowest BCUT2D eigenvalue weighted by Gasteiger charge is -2.24. The van der Waals surface area contributed by atoms with Crippen molar-refractivity contribution in [2.45, 2.75) is 32.4 Å². The second kappa shape index (κ2) is 7.63. The number of nitrogens with one attached hydrogen (secondary N) is 2. The van der Waals surface area contributed by atoms with E-state index in [2.05, 4.69) is 10.6 Å². The Bertz CT molecular complexity index is 293. The van der Waals surface area contributed by atoms with Crippen LogP contribution >= 0.6 is 11.8 Å². The van der Waals surface area contributed by atoms with Gasteiger partial charge in [-0.15, -0.1) is 0 Å². The van der Waals surface area contributed by atoms with Crippen molar-refractivity contribution in [3.8, 4) is 0 Å². The van der Waals surface area contributed by atoms with E-state index in [4.69, 9.17) is 0 Å². The highest BCUT2D eigenvalue weighted by atomic mass is 32.2. The third-order valence-corrected chi connectivity index (χ3v) is 4.16. The van der Waals surface area contributed by atoms with Crippen molar-refractivity contribution < 1.29 is 9.59 Å². The summed E-state index contributed by atoms with van der Waals surface area (Å²) in [4.78, 5) is 25.2. The largest absolute Gasteiger partial charge is 0.345 e. The van der Waals surface area contributed by atoms with Gasteiger partial charge in [-0.25, -0.2) is 0 Å². The SMILES string of the molecule is CCN(C)C(=O)C(C)NC(=O)CC1CSCCN1. The molecule has 0 radical (unpaired) electrons. The Kier molecular flexibility index (Phi) is 6.49. The van der Waals surface area contributed by atoms with Crippen LogP contribution in [-0.2, 0) is 9.59 Å². The first kappa shape index (κ1) is 15.3. The Hall–Kier alpha value is -0.750. The highest BCUT2D eigenvalue weighted by Gasteiger charge is 2.21. The van der Waals surface area contributed by atoms with E-state index in [0.29, 0.717) is 13.0 Å². The van der Waals surface area contributed by atoms with Crippen LogP contribution in [0.3, 0.4) is 0 Å². The summed E-state index contributed by atoms with van der Waals surface area (Å²) in [5, 5.41) is 6.07. The van der Waals surface area contributed by atoms with Gasteiger partial charge in [0.1, 0.15) is 6.04 Å². The molecule has 1 aliphatic heterocycles. The Morgan fingerprint density at radius 1 is 1.56 bits per heavy atom. The molecule has 0 aromatic carbocycles. The molecule has 2 amide bonds. The van der Waals surface area contributed by atoms with Crippen molar-refractivity contribution in [1.82, 2.24) is 15.5 Å². The van der Waals surface area contributed by atoms with Gasteiger partial charge < -0.3 is 15.5 Å². The molecule has 0 aromatic heterocycles. The first-order valence-electron chi connectivity index (χ1n) is 6.40. The van der Waals surface area contributed by atoms with Crippen LogP contribution in [-0.4, -0.2) is 60.4 Å². The predicted octanol–water partition coefficient (Wildman–Crippen LogP) is 0.0645. The lowest BCUT2D eigenvalue weighted by Crippen LogP contribution is -2.48. The Labute approximate surface area is 113 Å². The number of rotatable bonds is 5. The molecule has 104 valence electrons. The summed E-state index contributed by atoms with van der Waals surface area (Å²) in [5.41, 5.74) is 0. The molecule has 6 heteroatoms. The molecule has 18 heavy (non-hydrogen) atoms. The molecule has 2 N–H and O–H groups in total. The maximum absolute atomic E-state index is 11.8. The first-order valence-corrected chi connectivity index (χ1v) is 7.55. The zero-order valence-corrected chi connectivity index (χ0v) is 12.2. The van der Waals surface area contributed by atoms with E-state index in [-0.39, 0.29) is 17.9 Å². The number of amides is 2. The fraction of sp³-hybridized carbons (Fsp3) is 0.833. The molecule has 0 aliphatic carbocycles. The van der Waals surface area contributed by atoms with Gasteiger partial charge in [-0.05, 0) is 13.8 Å². The van der Waals surface area contributed by atoms with E-state index in [1.54, 1.807) is 18.9 Å². The number of thioether (sulfide) groups is 1. The minimum Gasteiger partial charge on any atom is -0.345 e. The topological polar surface area (TPSA) is 61.4 Å². The van der Waals surface area contributed by atoms with Gasteiger partial charge in [0.15, 0.2) is 0 Å². The molecule has 1 heterocycles. The van der Waals surface area contributed by atoms with Gasteiger partial charge in [-0.2, -0.15) is 11.8 Å². The minimum absolute atomic E-state index is 0.0446. The van der Waals surface area contributed by atoms with Gasteiger partial charge in [0.2, 0.25) is 11.8 Å². The fourth-order valence-corrected chi connectivity index (χ4v) is 2.77. The normalized spacial score (nSPS) is 21.2. The highest BCUT2D eigenvalue weighted by molar-refractivity contribution is 7.99. The molecule has 1 rings (SSSR count). The van der Waals surface area contributed by atoms with Crippen LogP contribution in [0.25, 0.3) is 0 Å². The van der Waals surface area contributed by atoms with Gasteiger partial charge in [-0.3, -0.25) is 9.59 Å². The number of hydrogen-bond acceptors (Lipinski definition) is 4. The van der Waals surface area contributed by atoms with Crippen molar-refractivity contribution in [2.24, 2.45) is 0 Å². The van der Waals surface area contributed by atoms with E-state index >= 15 is 0 Å². The molecule has 1 aliphatic rings. The molecule has 1 fully saturated rings. The third-order valence-electron chi connectivity index (χ3n) is 3.03. The molecular formula is C12H23N3O2S. The number of carbonyl (C=O) groups excluding carboxylic acids is 2. The van der Waals surface area contributed by atoms with Crippen molar-refractivity contribution >= 4 is 23.6 Å². The molecule has 5 nitrogen and oxygen atoms in total. The average molecular weight is 273 g/mol. The van der Waals surface area contributed by atoms with E-state index in [1.807, 2.05) is 18.7 Å². The monoisotopic (exact) mass is 273 g/mol. The summed E-state index contributed by atoms with van der Waals surface area (Å²) in [6.45, 7) is 5.25. The van der Waals surface area contributed by atoms with Crippen LogP contribution in [0.5, 0.6) is 0 Å². The zero-order chi connectivity index (χ0) is 13.5. The minimum atomic E-state index is -0.446. The summed E-state index contributed by atoms with van der Waals surface area (Å²) >= 11 is 1.86. The third kappa shape index (κ3) is 4.86. The van der Waals surface area contributed by atoms with Crippen LogP contribution in [0.15, 0.2) is 0 Å². The molecule has 0 saturated carbocycles. The summed E-state index contributed by atoms with van der Waals surface area (Å²) in [5.74, 6) is 1.97. The molecule has 2 unspecified atom stereocenters. The number of likely N-dealkylation sites (N-methyl/N-ethyl adjacent to an activating group) is 1. The van der Waals surface area contributed by atoms with Crippen LogP contribution < -0.4 is 10.6 Å². The van der Waals surface area contributed by atoms with Crippen molar-refractivity contribution in [1.29, 1.82) is 0 Å². The molecule has 1 saturated heterocycles. The second-order valence-corrected chi connectivity index (χ2v) is 5.72. The Morgan fingerprint density at radius 2 is 2.28 bits per heavy atom. The predicted molar refractivity (Wildman–Crippen MR) is 74.6 cm³/mol. The molecular weight excluding hydrogens is 250 g/mol. The summed E-state index contributed by atoms with van der Waals surface area (Å²) in [7, 11) is 1.74. The second-order valence-electron chi connectivity index (χ2n) is 4.57. The Morgan fingerprint density at radius 3 is 2.83 bits per heavy atom.